The van der Waals surface area contributed by atoms with Crippen LogP contribution in [0.5, 0.6) is 0 Å². The summed E-state index contributed by atoms with van der Waals surface area (Å²) in [5.74, 6) is 3.53. The molecular weight excluding hydrogens is 166 g/mol. The van der Waals surface area contributed by atoms with Crippen LogP contribution in [0.4, 0.5) is 0 Å². The first-order valence-electron chi connectivity index (χ1n) is 4.56. The second kappa shape index (κ2) is 3.56. The summed E-state index contributed by atoms with van der Waals surface area (Å²) < 4.78 is 2.15. The van der Waals surface area contributed by atoms with Gasteiger partial charge in [0.15, 0.2) is 0 Å². The van der Waals surface area contributed by atoms with Crippen molar-refractivity contribution in [3.63, 3.8) is 0 Å². The van der Waals surface area contributed by atoms with Crippen molar-refractivity contribution in [2.24, 2.45) is 7.05 Å². The molecule has 2 rings (SSSR count). The van der Waals surface area contributed by atoms with Crippen molar-refractivity contribution in [2.75, 3.05) is 11.5 Å². The normalized spacial score (nSPS) is 19.8. The Morgan fingerprint density at radius 1 is 1.42 bits per heavy atom. The van der Waals surface area contributed by atoms with Crippen LogP contribution in [0.2, 0.25) is 0 Å². The number of thioether (sulfide) groups is 1. The first kappa shape index (κ1) is 8.24. The van der Waals surface area contributed by atoms with Gasteiger partial charge in [0.05, 0.1) is 0 Å². The Kier molecular flexibility index (Phi) is 2.45. The summed E-state index contributed by atoms with van der Waals surface area (Å²) in [4.78, 5) is 0. The predicted octanol–water partition coefficient (Wildman–Crippen LogP) is 2.64. The second-order valence-electron chi connectivity index (χ2n) is 3.50. The Hall–Kier alpha value is -0.370. The molecule has 0 bridgehead atoms. The van der Waals surface area contributed by atoms with E-state index in [1.165, 1.54) is 29.9 Å². The van der Waals surface area contributed by atoms with Crippen LogP contribution >= 0.6 is 11.8 Å². The van der Waals surface area contributed by atoms with Crippen LogP contribution in [0.15, 0.2) is 18.5 Å². The first-order valence-corrected chi connectivity index (χ1v) is 5.71. The summed E-state index contributed by atoms with van der Waals surface area (Å²) in [6, 6.07) is 2.26. The lowest BCUT2D eigenvalue weighted by Gasteiger charge is -2.20. The molecule has 0 spiro atoms. The van der Waals surface area contributed by atoms with Crippen molar-refractivity contribution in [1.29, 1.82) is 0 Å². The van der Waals surface area contributed by atoms with Crippen molar-refractivity contribution >= 4 is 11.8 Å². The van der Waals surface area contributed by atoms with Gasteiger partial charge in [0, 0.05) is 19.4 Å². The average Bonchev–Trinajstić information content (AvgIpc) is 2.54. The van der Waals surface area contributed by atoms with Crippen LogP contribution in [0, 0.1) is 0 Å². The zero-order valence-electron chi connectivity index (χ0n) is 7.49. The molecule has 0 radical (unpaired) electrons. The van der Waals surface area contributed by atoms with Gasteiger partial charge in [-0.2, -0.15) is 11.8 Å². The predicted molar refractivity (Wildman–Crippen MR) is 54.7 cm³/mol. The molecule has 0 N–H and O–H groups in total. The Morgan fingerprint density at radius 3 is 2.75 bits per heavy atom. The van der Waals surface area contributed by atoms with Crippen LogP contribution in [0.3, 0.4) is 0 Å². The molecule has 0 aliphatic carbocycles. The van der Waals surface area contributed by atoms with E-state index in [4.69, 9.17) is 0 Å². The number of aryl methyl sites for hydroxylation is 1. The van der Waals surface area contributed by atoms with Crippen LogP contribution in [0.25, 0.3) is 0 Å². The maximum atomic E-state index is 2.26. The van der Waals surface area contributed by atoms with Gasteiger partial charge in [-0.05, 0) is 41.9 Å². The molecule has 1 aromatic rings. The summed E-state index contributed by atoms with van der Waals surface area (Å²) in [6.45, 7) is 0. The summed E-state index contributed by atoms with van der Waals surface area (Å²) in [5.41, 5.74) is 1.54. The summed E-state index contributed by atoms with van der Waals surface area (Å²) in [7, 11) is 2.10. The lowest BCUT2D eigenvalue weighted by Crippen LogP contribution is -2.06. The molecule has 1 aliphatic rings. The topological polar surface area (TPSA) is 4.93 Å². The first-order chi connectivity index (χ1) is 5.86. The quantitative estimate of drug-likeness (QED) is 0.645. The molecule has 0 atom stereocenters. The highest BCUT2D eigenvalue weighted by Crippen LogP contribution is 2.31. The summed E-state index contributed by atoms with van der Waals surface area (Å²) in [5, 5.41) is 0. The third kappa shape index (κ3) is 1.69. The molecule has 2 heterocycles. The summed E-state index contributed by atoms with van der Waals surface area (Å²) in [6.07, 6.45) is 7.15. The zero-order chi connectivity index (χ0) is 8.39. The minimum Gasteiger partial charge on any atom is -0.357 e. The highest BCUT2D eigenvalue weighted by atomic mass is 32.2. The van der Waals surface area contributed by atoms with E-state index in [-0.39, 0.29) is 0 Å². The number of aromatic nitrogens is 1. The molecule has 66 valence electrons. The fourth-order valence-corrected chi connectivity index (χ4v) is 2.90. The standard InChI is InChI=1S/C10H15NS/c1-11-5-2-10(8-11)9-3-6-12-7-4-9/h2,5,8-9H,3-4,6-7H2,1H3. The van der Waals surface area contributed by atoms with Crippen LogP contribution in [-0.2, 0) is 7.05 Å². The van der Waals surface area contributed by atoms with E-state index in [1.54, 1.807) is 0 Å². The molecule has 0 aromatic carbocycles. The number of hydrogen-bond acceptors (Lipinski definition) is 1. The van der Waals surface area contributed by atoms with Gasteiger partial charge in [-0.1, -0.05) is 0 Å². The third-order valence-corrected chi connectivity index (χ3v) is 3.60. The van der Waals surface area contributed by atoms with E-state index in [0.717, 1.165) is 5.92 Å². The van der Waals surface area contributed by atoms with E-state index in [0.29, 0.717) is 0 Å². The SMILES string of the molecule is Cn1ccc(C2CCSCC2)c1. The van der Waals surface area contributed by atoms with Crippen molar-refractivity contribution in [3.8, 4) is 0 Å². The fourth-order valence-electron chi connectivity index (χ4n) is 1.80. The lowest BCUT2D eigenvalue weighted by molar-refractivity contribution is 0.636. The highest BCUT2D eigenvalue weighted by molar-refractivity contribution is 7.99. The Balaban J connectivity index is 2.08. The van der Waals surface area contributed by atoms with Crippen LogP contribution in [-0.4, -0.2) is 16.1 Å². The Bertz CT molecular complexity index is 248. The van der Waals surface area contributed by atoms with Gasteiger partial charge in [0.25, 0.3) is 0 Å². The molecule has 1 fully saturated rings. The highest BCUT2D eigenvalue weighted by Gasteiger charge is 2.15. The molecule has 1 saturated heterocycles. The van der Waals surface area contributed by atoms with Crippen molar-refractivity contribution in [3.05, 3.63) is 24.0 Å². The van der Waals surface area contributed by atoms with Crippen molar-refractivity contribution in [2.45, 2.75) is 18.8 Å². The summed E-state index contributed by atoms with van der Waals surface area (Å²) >= 11 is 2.09. The number of hydrogen-bond donors (Lipinski definition) is 0. The fraction of sp³-hybridized carbons (Fsp3) is 0.600. The average molecular weight is 181 g/mol. The van der Waals surface area contributed by atoms with Gasteiger partial charge in [0.1, 0.15) is 0 Å². The zero-order valence-corrected chi connectivity index (χ0v) is 8.31. The van der Waals surface area contributed by atoms with Crippen LogP contribution < -0.4 is 0 Å². The maximum absolute atomic E-state index is 2.26. The van der Waals surface area contributed by atoms with Gasteiger partial charge >= 0.3 is 0 Å². The van der Waals surface area contributed by atoms with Gasteiger partial charge in [-0.25, -0.2) is 0 Å². The van der Waals surface area contributed by atoms with Gasteiger partial charge < -0.3 is 4.57 Å². The minimum atomic E-state index is 0.840. The van der Waals surface area contributed by atoms with E-state index in [9.17, 15) is 0 Å². The molecule has 12 heavy (non-hydrogen) atoms. The third-order valence-electron chi connectivity index (χ3n) is 2.55. The van der Waals surface area contributed by atoms with Crippen LogP contribution in [0.1, 0.15) is 24.3 Å². The second-order valence-corrected chi connectivity index (χ2v) is 4.72. The minimum absolute atomic E-state index is 0.840. The molecule has 2 heteroatoms. The van der Waals surface area contributed by atoms with Gasteiger partial charge in [-0.3, -0.25) is 0 Å². The molecule has 1 aliphatic heterocycles. The molecule has 0 amide bonds. The molecule has 0 unspecified atom stereocenters. The Morgan fingerprint density at radius 2 is 2.17 bits per heavy atom. The number of rotatable bonds is 1. The Labute approximate surface area is 78.2 Å². The monoisotopic (exact) mass is 181 g/mol. The molecule has 0 saturated carbocycles. The lowest BCUT2D eigenvalue weighted by atomic mass is 9.96. The van der Waals surface area contributed by atoms with Crippen molar-refractivity contribution in [1.82, 2.24) is 4.57 Å². The largest absolute Gasteiger partial charge is 0.357 e. The van der Waals surface area contributed by atoms with Gasteiger partial charge in [0.2, 0.25) is 0 Å². The van der Waals surface area contributed by atoms with E-state index in [1.807, 2.05) is 0 Å². The van der Waals surface area contributed by atoms with Gasteiger partial charge in [-0.15, -0.1) is 0 Å². The molecule has 1 aromatic heterocycles. The molecule has 1 nitrogen and oxygen atoms in total. The van der Waals surface area contributed by atoms with E-state index in [2.05, 4.69) is 41.8 Å². The maximum Gasteiger partial charge on any atom is 0.0106 e. The van der Waals surface area contributed by atoms with E-state index < -0.39 is 0 Å². The van der Waals surface area contributed by atoms with Crippen molar-refractivity contribution < 1.29 is 0 Å². The smallest absolute Gasteiger partial charge is 0.0106 e. The van der Waals surface area contributed by atoms with E-state index >= 15 is 0 Å². The molecular formula is C10H15NS. The number of nitrogens with zero attached hydrogens (tertiary/aromatic N) is 1.